The zero-order valence-electron chi connectivity index (χ0n) is 22.2. The Hall–Kier alpha value is -5.11. The highest BCUT2D eigenvalue weighted by molar-refractivity contribution is 6.04. The van der Waals surface area contributed by atoms with Crippen LogP contribution in [0.3, 0.4) is 0 Å². The summed E-state index contributed by atoms with van der Waals surface area (Å²) in [4.78, 5) is 28.0. The molecule has 7 nitrogen and oxygen atoms in total. The van der Waals surface area contributed by atoms with Crippen molar-refractivity contribution in [2.75, 3.05) is 12.4 Å². The monoisotopic (exact) mass is 533 g/mol. The van der Waals surface area contributed by atoms with Crippen molar-refractivity contribution < 1.29 is 14.0 Å². The molecule has 5 aromatic rings. The lowest BCUT2D eigenvalue weighted by atomic mass is 10.0. The fourth-order valence-corrected chi connectivity index (χ4v) is 4.34. The van der Waals surface area contributed by atoms with E-state index in [1.54, 1.807) is 19.2 Å². The highest BCUT2D eigenvalue weighted by atomic mass is 19.1. The van der Waals surface area contributed by atoms with E-state index in [1.165, 1.54) is 17.8 Å². The zero-order chi connectivity index (χ0) is 28.1. The number of hydrogen-bond acceptors (Lipinski definition) is 4. The van der Waals surface area contributed by atoms with E-state index in [0.29, 0.717) is 18.5 Å². The molecular weight excluding hydrogens is 505 g/mol. The summed E-state index contributed by atoms with van der Waals surface area (Å²) in [5.74, 6) is -1.29. The van der Waals surface area contributed by atoms with Crippen molar-refractivity contribution in [1.82, 2.24) is 20.1 Å². The van der Waals surface area contributed by atoms with Gasteiger partial charge in [-0.25, -0.2) is 9.07 Å². The van der Waals surface area contributed by atoms with Gasteiger partial charge in [0, 0.05) is 37.3 Å². The number of carbonyl (C=O) groups excluding carboxylic acids is 2. The van der Waals surface area contributed by atoms with Crippen molar-refractivity contribution in [3.8, 4) is 28.1 Å². The molecule has 0 aliphatic heterocycles. The number of nitrogens with one attached hydrogen (secondary N) is 2. The van der Waals surface area contributed by atoms with Gasteiger partial charge in [0.2, 0.25) is 5.91 Å². The summed E-state index contributed by atoms with van der Waals surface area (Å²) in [6.07, 6.45) is 3.20. The number of hydrogen-bond donors (Lipinski definition) is 2. The first-order valence-corrected chi connectivity index (χ1v) is 12.9. The molecule has 2 N–H and O–H groups in total. The largest absolute Gasteiger partial charge is 0.359 e. The maximum absolute atomic E-state index is 13.9. The molecule has 0 fully saturated rings. The first-order valence-electron chi connectivity index (χ1n) is 12.9. The smallest absolute Gasteiger partial charge is 0.258 e. The number of aromatic nitrogens is 3. The lowest BCUT2D eigenvalue weighted by molar-refractivity contribution is -0.120. The summed E-state index contributed by atoms with van der Waals surface area (Å²) in [5, 5.41) is 10.2. The number of halogens is 1. The molecule has 0 unspecified atom stereocenters. The lowest BCUT2D eigenvalue weighted by Crippen LogP contribution is -2.18. The average molecular weight is 534 g/mol. The predicted octanol–water partition coefficient (Wildman–Crippen LogP) is 5.98. The first kappa shape index (κ1) is 26.5. The highest BCUT2D eigenvalue weighted by Gasteiger charge is 2.15. The van der Waals surface area contributed by atoms with Crippen molar-refractivity contribution in [2.45, 2.75) is 19.8 Å². The number of aryl methyl sites for hydroxylation is 2. The second-order valence-corrected chi connectivity index (χ2v) is 9.41. The van der Waals surface area contributed by atoms with Crippen LogP contribution in [0.1, 0.15) is 28.0 Å². The maximum atomic E-state index is 13.9. The molecule has 3 aromatic carbocycles. The van der Waals surface area contributed by atoms with Crippen LogP contribution in [0, 0.1) is 12.7 Å². The second-order valence-electron chi connectivity index (χ2n) is 9.41. The third-order valence-corrected chi connectivity index (χ3v) is 6.60. The summed E-state index contributed by atoms with van der Waals surface area (Å²) in [7, 11) is 1.62. The number of pyridine rings is 1. The average Bonchev–Trinajstić information content (AvgIpc) is 3.41. The van der Waals surface area contributed by atoms with Crippen LogP contribution in [0.5, 0.6) is 0 Å². The van der Waals surface area contributed by atoms with Gasteiger partial charge in [-0.1, -0.05) is 54.1 Å². The minimum atomic E-state index is -0.685. The standard InChI is InChI=1S/C32H28FN5O2/c1-21-3-5-22(6-4-21)23-7-9-24(10-8-23)30-19-26(13-16-31(39)34-2)37-38(30)27-14-11-25(12-15-27)36-32(40)28-17-18-35-20-29(28)33/h3-12,14-15,17-20H,13,16H2,1-2H3,(H,34,39)(H,36,40). The number of anilines is 1. The van der Waals surface area contributed by atoms with Gasteiger partial charge in [-0.2, -0.15) is 5.10 Å². The molecule has 5 rings (SSSR count). The van der Waals surface area contributed by atoms with Gasteiger partial charge in [0.05, 0.1) is 28.8 Å². The summed E-state index contributed by atoms with van der Waals surface area (Å²) >= 11 is 0. The zero-order valence-corrected chi connectivity index (χ0v) is 22.2. The molecule has 0 aliphatic carbocycles. The van der Waals surface area contributed by atoms with Gasteiger partial charge >= 0.3 is 0 Å². The highest BCUT2D eigenvalue weighted by Crippen LogP contribution is 2.28. The molecule has 0 bridgehead atoms. The van der Waals surface area contributed by atoms with E-state index < -0.39 is 11.7 Å². The van der Waals surface area contributed by atoms with Crippen LogP contribution in [0.15, 0.2) is 97.3 Å². The van der Waals surface area contributed by atoms with E-state index in [2.05, 4.69) is 71.1 Å². The molecule has 0 saturated carbocycles. The van der Waals surface area contributed by atoms with Gasteiger partial charge in [-0.3, -0.25) is 14.6 Å². The third kappa shape index (κ3) is 5.96. The van der Waals surface area contributed by atoms with Crippen molar-refractivity contribution >= 4 is 17.5 Å². The van der Waals surface area contributed by atoms with Crippen molar-refractivity contribution in [2.24, 2.45) is 0 Å². The Labute approximate surface area is 231 Å². The molecular formula is C32H28FN5O2. The molecule has 0 saturated heterocycles. The van der Waals surface area contributed by atoms with Crippen LogP contribution in [0.25, 0.3) is 28.1 Å². The van der Waals surface area contributed by atoms with Crippen LogP contribution in [0.2, 0.25) is 0 Å². The minimum absolute atomic E-state index is 0.0516. The Balaban J connectivity index is 1.43. The Morgan fingerprint density at radius 1 is 0.875 bits per heavy atom. The SMILES string of the molecule is CNC(=O)CCc1cc(-c2ccc(-c3ccc(C)cc3)cc2)n(-c2ccc(NC(=O)c3ccncc3F)cc2)n1. The van der Waals surface area contributed by atoms with Gasteiger partial charge in [0.25, 0.3) is 5.91 Å². The number of benzene rings is 3. The van der Waals surface area contributed by atoms with Gasteiger partial charge in [-0.05, 0) is 54.4 Å². The van der Waals surface area contributed by atoms with Crippen molar-refractivity contribution in [1.29, 1.82) is 0 Å². The summed E-state index contributed by atoms with van der Waals surface area (Å²) in [6.45, 7) is 2.07. The Bertz CT molecular complexity index is 1640. The van der Waals surface area contributed by atoms with Crippen LogP contribution >= 0.6 is 0 Å². The van der Waals surface area contributed by atoms with Crippen molar-refractivity contribution in [3.05, 3.63) is 120 Å². The number of nitrogens with zero attached hydrogens (tertiary/aromatic N) is 3. The first-order chi connectivity index (χ1) is 19.4. The van der Waals surface area contributed by atoms with E-state index >= 15 is 0 Å². The molecule has 8 heteroatoms. The number of rotatable bonds is 8. The number of carbonyl (C=O) groups is 2. The van der Waals surface area contributed by atoms with E-state index in [1.807, 2.05) is 22.9 Å². The van der Waals surface area contributed by atoms with Crippen molar-refractivity contribution in [3.63, 3.8) is 0 Å². The van der Waals surface area contributed by atoms with E-state index in [4.69, 9.17) is 5.10 Å². The van der Waals surface area contributed by atoms with Crippen LogP contribution in [0.4, 0.5) is 10.1 Å². The van der Waals surface area contributed by atoms with E-state index in [9.17, 15) is 14.0 Å². The van der Waals surface area contributed by atoms with Crippen LogP contribution in [-0.4, -0.2) is 33.6 Å². The molecule has 2 heterocycles. The fourth-order valence-electron chi connectivity index (χ4n) is 4.34. The molecule has 2 aromatic heterocycles. The minimum Gasteiger partial charge on any atom is -0.359 e. The Kier molecular flexibility index (Phi) is 7.77. The number of amides is 2. The Morgan fingerprint density at radius 3 is 2.17 bits per heavy atom. The predicted molar refractivity (Wildman–Crippen MR) is 154 cm³/mol. The van der Waals surface area contributed by atoms with Gasteiger partial charge in [0.1, 0.15) is 0 Å². The molecule has 0 aliphatic rings. The van der Waals surface area contributed by atoms with E-state index in [0.717, 1.165) is 40.0 Å². The summed E-state index contributed by atoms with van der Waals surface area (Å²) < 4.78 is 15.8. The quantitative estimate of drug-likeness (QED) is 0.257. The molecule has 0 radical (unpaired) electrons. The molecule has 40 heavy (non-hydrogen) atoms. The fraction of sp³-hybridized carbons (Fsp3) is 0.125. The topological polar surface area (TPSA) is 88.9 Å². The molecule has 0 spiro atoms. The summed E-state index contributed by atoms with van der Waals surface area (Å²) in [6, 6.07) is 27.1. The van der Waals surface area contributed by atoms with Gasteiger partial charge < -0.3 is 10.6 Å². The van der Waals surface area contributed by atoms with Crippen LogP contribution < -0.4 is 10.6 Å². The van der Waals surface area contributed by atoms with Crippen LogP contribution in [-0.2, 0) is 11.2 Å². The third-order valence-electron chi connectivity index (χ3n) is 6.60. The normalized spacial score (nSPS) is 10.8. The lowest BCUT2D eigenvalue weighted by Gasteiger charge is -2.11. The maximum Gasteiger partial charge on any atom is 0.258 e. The van der Waals surface area contributed by atoms with Gasteiger partial charge in [0.15, 0.2) is 5.82 Å². The Morgan fingerprint density at radius 2 is 1.52 bits per heavy atom. The van der Waals surface area contributed by atoms with Gasteiger partial charge in [-0.15, -0.1) is 0 Å². The second kappa shape index (κ2) is 11.7. The molecule has 200 valence electrons. The molecule has 0 atom stereocenters. The summed E-state index contributed by atoms with van der Waals surface area (Å²) in [5.41, 5.74) is 7.30. The molecule has 2 amide bonds. The van der Waals surface area contributed by atoms with E-state index in [-0.39, 0.29) is 11.5 Å².